The molecule has 2 aromatic rings. The smallest absolute Gasteiger partial charge is 0.319 e. The SMILES string of the molecule is CSc1cccc(NC(=O)NC[C@H]2C[C@@H]3CCN2C[C@H]3CN(C)c2ccccc2)c1. The number of thioether (sulfide) groups is 1. The van der Waals surface area contributed by atoms with Gasteiger partial charge in [0.2, 0.25) is 0 Å². The van der Waals surface area contributed by atoms with Crippen LogP contribution in [0.1, 0.15) is 12.8 Å². The van der Waals surface area contributed by atoms with E-state index in [-0.39, 0.29) is 6.03 Å². The Morgan fingerprint density at radius 3 is 2.77 bits per heavy atom. The Morgan fingerprint density at radius 1 is 1.20 bits per heavy atom. The summed E-state index contributed by atoms with van der Waals surface area (Å²) in [6.45, 7) is 4.09. The van der Waals surface area contributed by atoms with Crippen LogP contribution >= 0.6 is 11.8 Å². The van der Waals surface area contributed by atoms with E-state index < -0.39 is 0 Å². The van der Waals surface area contributed by atoms with Gasteiger partial charge in [-0.25, -0.2) is 4.79 Å². The topological polar surface area (TPSA) is 47.6 Å². The summed E-state index contributed by atoms with van der Waals surface area (Å²) < 4.78 is 0. The molecule has 160 valence electrons. The summed E-state index contributed by atoms with van der Waals surface area (Å²) >= 11 is 1.68. The fraction of sp³-hybridized carbons (Fsp3) is 0.458. The van der Waals surface area contributed by atoms with Gasteiger partial charge in [-0.2, -0.15) is 0 Å². The first-order chi connectivity index (χ1) is 14.6. The molecular weight excluding hydrogens is 392 g/mol. The fourth-order valence-corrected chi connectivity index (χ4v) is 5.35. The van der Waals surface area contributed by atoms with Gasteiger partial charge in [0.25, 0.3) is 0 Å². The standard InChI is InChI=1S/C24H32N4OS/c1-27(21-8-4-3-5-9-21)16-19-17-28-12-11-18(19)13-22(28)15-25-24(29)26-20-7-6-10-23(14-20)30-2/h3-10,14,18-19,22H,11-13,15-17H2,1-2H3,(H2,25,26,29)/t18-,19+,22+/m0/s1. The number of nitrogens with zero attached hydrogens (tertiary/aromatic N) is 2. The van der Waals surface area contributed by atoms with E-state index in [9.17, 15) is 4.79 Å². The lowest BCUT2D eigenvalue weighted by atomic mass is 9.75. The first-order valence-electron chi connectivity index (χ1n) is 10.8. The van der Waals surface area contributed by atoms with Crippen molar-refractivity contribution in [3.05, 3.63) is 54.6 Å². The largest absolute Gasteiger partial charge is 0.374 e. The van der Waals surface area contributed by atoms with Crippen LogP contribution in [-0.2, 0) is 0 Å². The summed E-state index contributed by atoms with van der Waals surface area (Å²) in [4.78, 5) is 18.5. The summed E-state index contributed by atoms with van der Waals surface area (Å²) in [5.41, 5.74) is 2.13. The highest BCUT2D eigenvalue weighted by molar-refractivity contribution is 7.98. The zero-order chi connectivity index (χ0) is 20.9. The van der Waals surface area contributed by atoms with Gasteiger partial charge in [0.15, 0.2) is 0 Å². The van der Waals surface area contributed by atoms with Crippen molar-refractivity contribution in [3.8, 4) is 0 Å². The summed E-state index contributed by atoms with van der Waals surface area (Å²) in [7, 11) is 2.20. The minimum absolute atomic E-state index is 0.115. The van der Waals surface area contributed by atoms with E-state index in [0.717, 1.165) is 36.1 Å². The third-order valence-electron chi connectivity index (χ3n) is 6.55. The van der Waals surface area contributed by atoms with E-state index in [2.05, 4.69) is 57.8 Å². The molecule has 2 amide bonds. The van der Waals surface area contributed by atoms with Crippen LogP contribution in [0.2, 0.25) is 0 Å². The maximum absolute atomic E-state index is 12.4. The Labute approximate surface area is 184 Å². The van der Waals surface area contributed by atoms with Crippen LogP contribution in [0.5, 0.6) is 0 Å². The number of hydrogen-bond acceptors (Lipinski definition) is 4. The quantitative estimate of drug-likeness (QED) is 0.648. The molecule has 0 aliphatic carbocycles. The van der Waals surface area contributed by atoms with Crippen LogP contribution in [0.25, 0.3) is 0 Å². The first-order valence-corrected chi connectivity index (χ1v) is 12.0. The highest BCUT2D eigenvalue weighted by Gasteiger charge is 2.40. The number of nitrogens with one attached hydrogen (secondary N) is 2. The van der Waals surface area contributed by atoms with Crippen LogP contribution in [0, 0.1) is 11.8 Å². The molecule has 2 bridgehead atoms. The first kappa shape index (κ1) is 21.1. The van der Waals surface area contributed by atoms with Gasteiger partial charge in [0.1, 0.15) is 0 Å². The highest BCUT2D eigenvalue weighted by atomic mass is 32.2. The molecular formula is C24H32N4OS. The van der Waals surface area contributed by atoms with Crippen molar-refractivity contribution in [1.82, 2.24) is 10.2 Å². The number of piperidine rings is 3. The maximum Gasteiger partial charge on any atom is 0.319 e. The fourth-order valence-electron chi connectivity index (χ4n) is 4.89. The molecule has 5 nitrogen and oxygen atoms in total. The number of anilines is 2. The monoisotopic (exact) mass is 424 g/mol. The van der Waals surface area contributed by atoms with Gasteiger partial charge >= 0.3 is 6.03 Å². The van der Waals surface area contributed by atoms with E-state index >= 15 is 0 Å². The second kappa shape index (κ2) is 9.75. The van der Waals surface area contributed by atoms with Crippen molar-refractivity contribution in [2.75, 3.05) is 49.7 Å². The summed E-state index contributed by atoms with van der Waals surface area (Å²) in [6.07, 6.45) is 4.49. The molecule has 5 rings (SSSR count). The molecule has 3 aliphatic heterocycles. The second-order valence-electron chi connectivity index (χ2n) is 8.48. The van der Waals surface area contributed by atoms with Gasteiger partial charge in [-0.3, -0.25) is 4.90 Å². The Hall–Kier alpha value is -2.18. The summed E-state index contributed by atoms with van der Waals surface area (Å²) in [5.74, 6) is 1.44. The number of carbonyl (C=O) groups excluding carboxylic acids is 1. The predicted octanol–water partition coefficient (Wildman–Crippen LogP) is 4.38. The third-order valence-corrected chi connectivity index (χ3v) is 7.27. The van der Waals surface area contributed by atoms with Crippen LogP contribution in [0.15, 0.2) is 59.5 Å². The molecule has 4 atom stereocenters. The van der Waals surface area contributed by atoms with Gasteiger partial charge in [0.05, 0.1) is 0 Å². The molecule has 0 radical (unpaired) electrons. The molecule has 3 saturated heterocycles. The Kier molecular flexibility index (Phi) is 6.85. The predicted molar refractivity (Wildman–Crippen MR) is 127 cm³/mol. The zero-order valence-corrected chi connectivity index (χ0v) is 18.7. The normalized spacial score (nSPS) is 25.0. The number of urea groups is 1. The third kappa shape index (κ3) is 5.10. The zero-order valence-electron chi connectivity index (χ0n) is 17.9. The van der Waals surface area contributed by atoms with E-state index in [0.29, 0.717) is 18.5 Å². The van der Waals surface area contributed by atoms with Crippen molar-refractivity contribution in [2.24, 2.45) is 11.8 Å². The molecule has 0 saturated carbocycles. The van der Waals surface area contributed by atoms with E-state index in [1.54, 1.807) is 11.8 Å². The second-order valence-corrected chi connectivity index (χ2v) is 9.36. The average Bonchev–Trinajstić information content (AvgIpc) is 2.79. The number of para-hydroxylation sites is 1. The van der Waals surface area contributed by atoms with Crippen molar-refractivity contribution < 1.29 is 4.79 Å². The number of amides is 2. The van der Waals surface area contributed by atoms with Crippen LogP contribution in [0.3, 0.4) is 0 Å². The molecule has 3 heterocycles. The molecule has 6 heteroatoms. The molecule has 2 N–H and O–H groups in total. The van der Waals surface area contributed by atoms with Gasteiger partial charge < -0.3 is 15.5 Å². The summed E-state index contributed by atoms with van der Waals surface area (Å²) in [6, 6.07) is 18.9. The van der Waals surface area contributed by atoms with Crippen LogP contribution in [-0.4, -0.2) is 56.5 Å². The lowest BCUT2D eigenvalue weighted by Gasteiger charge is -2.50. The van der Waals surface area contributed by atoms with E-state index in [4.69, 9.17) is 0 Å². The van der Waals surface area contributed by atoms with Crippen molar-refractivity contribution in [1.29, 1.82) is 0 Å². The molecule has 0 spiro atoms. The molecule has 2 aromatic carbocycles. The van der Waals surface area contributed by atoms with Crippen LogP contribution in [0.4, 0.5) is 16.2 Å². The lowest BCUT2D eigenvalue weighted by Crippen LogP contribution is -2.58. The van der Waals surface area contributed by atoms with Crippen molar-refractivity contribution >= 4 is 29.2 Å². The van der Waals surface area contributed by atoms with Gasteiger partial charge in [-0.1, -0.05) is 24.3 Å². The number of benzene rings is 2. The number of hydrogen-bond donors (Lipinski definition) is 2. The number of rotatable bonds is 7. The van der Waals surface area contributed by atoms with Crippen LogP contribution < -0.4 is 15.5 Å². The molecule has 3 fully saturated rings. The van der Waals surface area contributed by atoms with E-state index in [1.165, 1.54) is 18.5 Å². The molecule has 30 heavy (non-hydrogen) atoms. The molecule has 1 unspecified atom stereocenters. The molecule has 0 aromatic heterocycles. The number of carbonyl (C=O) groups is 1. The van der Waals surface area contributed by atoms with Crippen molar-refractivity contribution in [3.63, 3.8) is 0 Å². The van der Waals surface area contributed by atoms with Gasteiger partial charge in [0, 0.05) is 49.0 Å². The highest BCUT2D eigenvalue weighted by Crippen LogP contribution is 2.36. The van der Waals surface area contributed by atoms with E-state index in [1.807, 2.05) is 30.5 Å². The minimum Gasteiger partial charge on any atom is -0.374 e. The Balaban J connectivity index is 1.26. The maximum atomic E-state index is 12.4. The Morgan fingerprint density at radius 2 is 2.03 bits per heavy atom. The molecule has 3 aliphatic rings. The van der Waals surface area contributed by atoms with Crippen molar-refractivity contribution in [2.45, 2.75) is 23.8 Å². The van der Waals surface area contributed by atoms with Gasteiger partial charge in [-0.15, -0.1) is 11.8 Å². The Bertz CT molecular complexity index is 846. The van der Waals surface area contributed by atoms with Gasteiger partial charge in [-0.05, 0) is 67.8 Å². The average molecular weight is 425 g/mol. The lowest BCUT2D eigenvalue weighted by molar-refractivity contribution is 0.00612. The summed E-state index contributed by atoms with van der Waals surface area (Å²) in [5, 5.41) is 6.06. The number of fused-ring (bicyclic) bond motifs is 3. The minimum atomic E-state index is -0.115.